The molecule has 1 N–H and O–H groups in total. The highest BCUT2D eigenvalue weighted by molar-refractivity contribution is 7.67. The molecule has 0 aliphatic heterocycles. The Morgan fingerprint density at radius 3 is 1.93 bits per heavy atom. The van der Waals surface area contributed by atoms with E-state index in [2.05, 4.69) is 33.8 Å². The third-order valence-corrected chi connectivity index (χ3v) is 5.43. The minimum Gasteiger partial charge on any atom is -0.507 e. The summed E-state index contributed by atoms with van der Waals surface area (Å²) in [5.74, 6) is 0.459. The molecule has 1 rings (SSSR count). The van der Waals surface area contributed by atoms with Crippen molar-refractivity contribution in [3.05, 3.63) is 24.3 Å². The molecule has 2 heteroatoms. The van der Waals surface area contributed by atoms with E-state index in [9.17, 15) is 5.11 Å². The molecule has 0 aliphatic carbocycles. The number of hydrogen-bond acceptors (Lipinski definition) is 1. The lowest BCUT2D eigenvalue weighted by Crippen LogP contribution is -2.15. The normalized spacial score (nSPS) is 11.6. The van der Waals surface area contributed by atoms with E-state index in [1.165, 1.54) is 0 Å². The van der Waals surface area contributed by atoms with Crippen LogP contribution < -0.4 is 5.30 Å². The molecule has 14 heavy (non-hydrogen) atoms. The van der Waals surface area contributed by atoms with Gasteiger partial charge in [-0.15, -0.1) is 0 Å². The fraction of sp³-hybridized carbons (Fsp3) is 0.500. The summed E-state index contributed by atoms with van der Waals surface area (Å²) in [5, 5.41) is 10.9. The minimum atomic E-state index is -0.245. The van der Waals surface area contributed by atoms with Crippen molar-refractivity contribution < 1.29 is 5.11 Å². The van der Waals surface area contributed by atoms with E-state index in [0.717, 1.165) is 5.30 Å². The second-order valence-electron chi connectivity index (χ2n) is 4.08. The predicted molar refractivity (Wildman–Crippen MR) is 64.9 cm³/mol. The molecule has 0 spiro atoms. The van der Waals surface area contributed by atoms with Gasteiger partial charge in [0.25, 0.3) is 0 Å². The number of phenolic OH excluding ortho intramolecular Hbond substituents is 1. The summed E-state index contributed by atoms with van der Waals surface area (Å²) in [6.45, 7) is 8.94. The van der Waals surface area contributed by atoms with E-state index in [1.807, 2.05) is 12.1 Å². The first-order valence-corrected chi connectivity index (χ1v) is 6.58. The lowest BCUT2D eigenvalue weighted by atomic mass is 10.3. The average Bonchev–Trinajstić information content (AvgIpc) is 2.07. The van der Waals surface area contributed by atoms with E-state index in [1.54, 1.807) is 6.07 Å². The average molecular weight is 210 g/mol. The van der Waals surface area contributed by atoms with Gasteiger partial charge in [0.05, 0.1) is 0 Å². The van der Waals surface area contributed by atoms with Crippen molar-refractivity contribution in [1.29, 1.82) is 0 Å². The monoisotopic (exact) mass is 210 g/mol. The van der Waals surface area contributed by atoms with E-state index >= 15 is 0 Å². The molecule has 0 radical (unpaired) electrons. The molecule has 0 unspecified atom stereocenters. The van der Waals surface area contributed by atoms with E-state index in [4.69, 9.17) is 0 Å². The first-order chi connectivity index (χ1) is 6.54. The smallest absolute Gasteiger partial charge is 0.123 e. The molecule has 0 saturated carbocycles. The van der Waals surface area contributed by atoms with Gasteiger partial charge < -0.3 is 5.11 Å². The molecular formula is C12H19OP. The molecular weight excluding hydrogens is 191 g/mol. The van der Waals surface area contributed by atoms with Gasteiger partial charge in [0.2, 0.25) is 0 Å². The fourth-order valence-electron chi connectivity index (χ4n) is 1.84. The number of phenols is 1. The molecule has 1 nitrogen and oxygen atoms in total. The Balaban J connectivity index is 3.05. The van der Waals surface area contributed by atoms with Crippen LogP contribution in [-0.2, 0) is 0 Å². The van der Waals surface area contributed by atoms with E-state index in [0.29, 0.717) is 17.1 Å². The molecule has 0 saturated heterocycles. The molecule has 1 aromatic carbocycles. The van der Waals surface area contributed by atoms with Crippen LogP contribution in [0.2, 0.25) is 0 Å². The second kappa shape index (κ2) is 4.79. The summed E-state index contributed by atoms with van der Waals surface area (Å²) in [7, 11) is -0.245. The zero-order valence-corrected chi connectivity index (χ0v) is 10.3. The van der Waals surface area contributed by atoms with Crippen molar-refractivity contribution in [2.24, 2.45) is 0 Å². The largest absolute Gasteiger partial charge is 0.507 e. The van der Waals surface area contributed by atoms with E-state index < -0.39 is 0 Å². The third kappa shape index (κ3) is 2.48. The molecule has 0 aromatic heterocycles. The van der Waals surface area contributed by atoms with Crippen molar-refractivity contribution in [3.8, 4) is 5.75 Å². The Hall–Kier alpha value is -0.550. The predicted octanol–water partition coefficient (Wildman–Crippen LogP) is 3.32. The zero-order chi connectivity index (χ0) is 10.7. The van der Waals surface area contributed by atoms with Crippen LogP contribution in [0, 0.1) is 0 Å². The molecule has 0 amide bonds. The maximum Gasteiger partial charge on any atom is 0.123 e. The molecule has 0 heterocycles. The van der Waals surface area contributed by atoms with E-state index in [-0.39, 0.29) is 7.92 Å². The van der Waals surface area contributed by atoms with Gasteiger partial charge in [-0.3, -0.25) is 0 Å². The maximum atomic E-state index is 9.79. The number of hydrogen-bond donors (Lipinski definition) is 1. The first kappa shape index (κ1) is 11.5. The van der Waals surface area contributed by atoms with Crippen LogP contribution in [0.25, 0.3) is 0 Å². The molecule has 0 fully saturated rings. The van der Waals surface area contributed by atoms with Crippen LogP contribution in [0.4, 0.5) is 0 Å². The molecule has 78 valence electrons. The lowest BCUT2D eigenvalue weighted by Gasteiger charge is -2.26. The Morgan fingerprint density at radius 2 is 1.50 bits per heavy atom. The van der Waals surface area contributed by atoms with Crippen molar-refractivity contribution >= 4 is 13.2 Å². The van der Waals surface area contributed by atoms with Crippen LogP contribution in [0.5, 0.6) is 5.75 Å². The summed E-state index contributed by atoms with van der Waals surface area (Å²) < 4.78 is 0. The van der Waals surface area contributed by atoms with Crippen molar-refractivity contribution in [2.75, 3.05) is 0 Å². The second-order valence-corrected chi connectivity index (χ2v) is 7.45. The topological polar surface area (TPSA) is 20.2 Å². The Kier molecular flexibility index (Phi) is 3.95. The van der Waals surface area contributed by atoms with Crippen LogP contribution in [0.15, 0.2) is 24.3 Å². The number of rotatable bonds is 3. The minimum absolute atomic E-state index is 0.245. The Morgan fingerprint density at radius 1 is 1.00 bits per heavy atom. The van der Waals surface area contributed by atoms with Gasteiger partial charge in [0.15, 0.2) is 0 Å². The quantitative estimate of drug-likeness (QED) is 0.759. The first-order valence-electron chi connectivity index (χ1n) is 5.10. The SMILES string of the molecule is CC(C)P(c1ccccc1O)C(C)C. The maximum absolute atomic E-state index is 9.79. The van der Waals surface area contributed by atoms with Crippen LogP contribution >= 0.6 is 7.92 Å². The third-order valence-electron chi connectivity index (χ3n) is 2.27. The Bertz CT molecular complexity index is 286. The fourth-order valence-corrected chi connectivity index (χ4v) is 4.74. The summed E-state index contributed by atoms with van der Waals surface area (Å²) in [6, 6.07) is 7.73. The summed E-state index contributed by atoms with van der Waals surface area (Å²) in [6.07, 6.45) is 0. The van der Waals surface area contributed by atoms with Gasteiger partial charge in [-0.1, -0.05) is 53.8 Å². The van der Waals surface area contributed by atoms with Gasteiger partial charge in [-0.25, -0.2) is 0 Å². The lowest BCUT2D eigenvalue weighted by molar-refractivity contribution is 0.479. The summed E-state index contributed by atoms with van der Waals surface area (Å²) in [4.78, 5) is 0. The van der Waals surface area contributed by atoms with Gasteiger partial charge in [0, 0.05) is 5.30 Å². The summed E-state index contributed by atoms with van der Waals surface area (Å²) >= 11 is 0. The van der Waals surface area contributed by atoms with Crippen molar-refractivity contribution in [3.63, 3.8) is 0 Å². The number of para-hydroxylation sites is 1. The highest BCUT2D eigenvalue weighted by Crippen LogP contribution is 2.46. The van der Waals surface area contributed by atoms with Gasteiger partial charge >= 0.3 is 0 Å². The highest BCUT2D eigenvalue weighted by Gasteiger charge is 2.21. The molecule has 0 atom stereocenters. The molecule has 0 aliphatic rings. The summed E-state index contributed by atoms with van der Waals surface area (Å²) in [5.41, 5.74) is 1.25. The Labute approximate surface area is 87.9 Å². The number of aromatic hydroxyl groups is 1. The number of benzene rings is 1. The highest BCUT2D eigenvalue weighted by atomic mass is 31.1. The van der Waals surface area contributed by atoms with Crippen molar-refractivity contribution in [2.45, 2.75) is 39.0 Å². The molecule has 1 aromatic rings. The van der Waals surface area contributed by atoms with Gasteiger partial charge in [-0.05, 0) is 17.4 Å². The van der Waals surface area contributed by atoms with Crippen LogP contribution in [0.3, 0.4) is 0 Å². The molecule has 0 bridgehead atoms. The van der Waals surface area contributed by atoms with Crippen LogP contribution in [-0.4, -0.2) is 16.4 Å². The van der Waals surface area contributed by atoms with Gasteiger partial charge in [-0.2, -0.15) is 0 Å². The van der Waals surface area contributed by atoms with Crippen LogP contribution in [0.1, 0.15) is 27.7 Å². The van der Waals surface area contributed by atoms with Gasteiger partial charge in [0.1, 0.15) is 5.75 Å². The zero-order valence-electron chi connectivity index (χ0n) is 9.36. The van der Waals surface area contributed by atoms with Crippen molar-refractivity contribution in [1.82, 2.24) is 0 Å². The standard InChI is InChI=1S/C12H19OP/c1-9(2)14(10(3)4)12-8-6-5-7-11(12)13/h5-10,13H,1-4H3.